The molecule has 0 spiro atoms. The van der Waals surface area contributed by atoms with Crippen molar-refractivity contribution in [2.45, 2.75) is 6.42 Å². The molecule has 3 N–H and O–H groups in total. The summed E-state index contributed by atoms with van der Waals surface area (Å²) in [6, 6.07) is 0. The third-order valence-electron chi connectivity index (χ3n) is 2.01. The zero-order valence-electron chi connectivity index (χ0n) is 10.3. The average molecular weight is 260 g/mol. The molecule has 0 aromatic carbocycles. The molecule has 0 unspecified atom stereocenters. The molecule has 0 aliphatic rings. The van der Waals surface area contributed by atoms with Gasteiger partial charge in [-0.15, -0.1) is 0 Å². The van der Waals surface area contributed by atoms with Gasteiger partial charge in [-0.25, -0.2) is 0 Å². The zero-order chi connectivity index (χ0) is 12.7. The minimum Gasteiger partial charge on any atom is -0.357 e. The van der Waals surface area contributed by atoms with Crippen molar-refractivity contribution in [2.75, 3.05) is 49.7 Å². The molecule has 0 saturated heterocycles. The summed E-state index contributed by atoms with van der Waals surface area (Å²) in [5.41, 5.74) is 0. The van der Waals surface area contributed by atoms with Crippen LogP contribution < -0.4 is 15.5 Å². The first-order valence-corrected chi connectivity index (χ1v) is 5.72. The van der Waals surface area contributed by atoms with Gasteiger partial charge < -0.3 is 15.5 Å². The maximum atomic E-state index is 5.47. The Morgan fingerprint density at radius 2 is 1.76 bits per heavy atom. The first-order valence-electron chi connectivity index (χ1n) is 5.34. The molecule has 0 radical (unpaired) electrons. The highest BCUT2D eigenvalue weighted by Crippen LogP contribution is 2.09. The topological polar surface area (TPSA) is 78.0 Å². The predicted molar refractivity (Wildman–Crippen MR) is 70.5 cm³/mol. The minimum absolute atomic E-state index is 0.320. The maximum absolute atomic E-state index is 5.47. The second-order valence-corrected chi connectivity index (χ2v) is 3.92. The molecular weight excluding hydrogens is 242 g/mol. The molecule has 0 bridgehead atoms. The van der Waals surface area contributed by atoms with E-state index in [2.05, 4.69) is 35.3 Å². The van der Waals surface area contributed by atoms with E-state index in [1.165, 1.54) is 0 Å². The largest absolute Gasteiger partial charge is 0.357 e. The lowest BCUT2D eigenvalue weighted by Crippen LogP contribution is -2.17. The van der Waals surface area contributed by atoms with Crippen LogP contribution in [0.1, 0.15) is 6.42 Å². The highest BCUT2D eigenvalue weighted by atomic mass is 35.5. The molecule has 96 valence electrons. The fourth-order valence-corrected chi connectivity index (χ4v) is 1.29. The summed E-state index contributed by atoms with van der Waals surface area (Å²) in [7, 11) is 5.82. The molecule has 0 amide bonds. The van der Waals surface area contributed by atoms with E-state index in [1.54, 1.807) is 7.05 Å². The second-order valence-electron chi connectivity index (χ2n) is 3.73. The third kappa shape index (κ3) is 5.01. The van der Waals surface area contributed by atoms with E-state index in [9.17, 15) is 0 Å². The number of anilines is 3. The zero-order valence-corrected chi connectivity index (χ0v) is 11.0. The van der Waals surface area contributed by atoms with Gasteiger partial charge in [0.2, 0.25) is 17.8 Å². The van der Waals surface area contributed by atoms with E-state index in [1.807, 2.05) is 14.1 Å². The first-order chi connectivity index (χ1) is 8.15. The number of rotatable bonds is 7. The predicted octanol–water partition coefficient (Wildman–Crippen LogP) is 0.843. The van der Waals surface area contributed by atoms with E-state index < -0.39 is 0 Å². The standard InChI is InChI=1S/C9H18ClN7/c1-11-7-13-8(15-9(14-7)16-10)12-5-4-6-17(2)3/h4-6H2,1-3H3,(H3,11,12,13,14,15,16). The molecule has 1 aromatic heterocycles. The monoisotopic (exact) mass is 259 g/mol. The fraction of sp³-hybridized carbons (Fsp3) is 0.667. The molecule has 1 rings (SSSR count). The minimum atomic E-state index is 0.320. The smallest absolute Gasteiger partial charge is 0.244 e. The van der Waals surface area contributed by atoms with Crippen molar-refractivity contribution in [1.82, 2.24) is 19.9 Å². The number of aromatic nitrogens is 3. The summed E-state index contributed by atoms with van der Waals surface area (Å²) in [4.78, 5) is 16.7. The lowest BCUT2D eigenvalue weighted by molar-refractivity contribution is 0.405. The average Bonchev–Trinajstić information content (AvgIpc) is 2.34. The molecule has 0 aliphatic heterocycles. The highest BCUT2D eigenvalue weighted by Gasteiger charge is 2.03. The van der Waals surface area contributed by atoms with E-state index in [0.717, 1.165) is 19.5 Å². The van der Waals surface area contributed by atoms with Crippen LogP contribution in [0.5, 0.6) is 0 Å². The van der Waals surface area contributed by atoms with E-state index >= 15 is 0 Å². The molecular formula is C9H18ClN7. The van der Waals surface area contributed by atoms with Crippen LogP contribution in [0.25, 0.3) is 0 Å². The Morgan fingerprint density at radius 1 is 1.12 bits per heavy atom. The van der Waals surface area contributed by atoms with Crippen molar-refractivity contribution in [3.8, 4) is 0 Å². The van der Waals surface area contributed by atoms with Gasteiger partial charge in [-0.3, -0.25) is 4.84 Å². The van der Waals surface area contributed by atoms with Crippen molar-refractivity contribution in [1.29, 1.82) is 0 Å². The summed E-state index contributed by atoms with van der Waals surface area (Å²) in [6.07, 6.45) is 1.01. The maximum Gasteiger partial charge on any atom is 0.244 e. The lowest BCUT2D eigenvalue weighted by atomic mass is 10.4. The first kappa shape index (κ1) is 13.7. The van der Waals surface area contributed by atoms with E-state index in [-0.39, 0.29) is 0 Å². The summed E-state index contributed by atoms with van der Waals surface area (Å²) in [5.74, 6) is 1.30. The Kier molecular flexibility index (Phi) is 5.71. The lowest BCUT2D eigenvalue weighted by Gasteiger charge is -2.10. The van der Waals surface area contributed by atoms with Crippen LogP contribution >= 0.6 is 11.8 Å². The van der Waals surface area contributed by atoms with Gasteiger partial charge in [0.05, 0.1) is 0 Å². The Bertz CT molecular complexity index is 322. The van der Waals surface area contributed by atoms with Crippen LogP contribution in [0.4, 0.5) is 17.8 Å². The van der Waals surface area contributed by atoms with Crippen molar-refractivity contribution in [2.24, 2.45) is 0 Å². The van der Waals surface area contributed by atoms with Gasteiger partial charge in [-0.05, 0) is 27.1 Å². The summed E-state index contributed by atoms with van der Waals surface area (Å²) >= 11 is 5.47. The Labute approximate surface area is 106 Å². The van der Waals surface area contributed by atoms with Crippen LogP contribution in [-0.2, 0) is 0 Å². The molecule has 17 heavy (non-hydrogen) atoms. The number of nitrogens with zero attached hydrogens (tertiary/aromatic N) is 4. The van der Waals surface area contributed by atoms with Gasteiger partial charge in [-0.1, -0.05) is 0 Å². The summed E-state index contributed by atoms with van der Waals surface area (Å²) in [6.45, 7) is 1.81. The SMILES string of the molecule is CNc1nc(NCl)nc(NCCCN(C)C)n1. The van der Waals surface area contributed by atoms with Crippen molar-refractivity contribution < 1.29 is 0 Å². The third-order valence-corrected chi connectivity index (χ3v) is 2.18. The number of halogens is 1. The Morgan fingerprint density at radius 3 is 2.35 bits per heavy atom. The van der Waals surface area contributed by atoms with Gasteiger partial charge in [0.25, 0.3) is 0 Å². The quantitative estimate of drug-likeness (QED) is 0.495. The van der Waals surface area contributed by atoms with Crippen molar-refractivity contribution in [3.05, 3.63) is 0 Å². The number of hydrogen-bond acceptors (Lipinski definition) is 7. The van der Waals surface area contributed by atoms with Crippen LogP contribution in [0.15, 0.2) is 0 Å². The van der Waals surface area contributed by atoms with E-state index in [4.69, 9.17) is 11.8 Å². The molecule has 0 aliphatic carbocycles. The van der Waals surface area contributed by atoms with Crippen LogP contribution in [0.3, 0.4) is 0 Å². The molecule has 7 nitrogen and oxygen atoms in total. The highest BCUT2D eigenvalue weighted by molar-refractivity contribution is 6.23. The van der Waals surface area contributed by atoms with Crippen molar-refractivity contribution in [3.63, 3.8) is 0 Å². The fourth-order valence-electron chi connectivity index (χ4n) is 1.20. The molecule has 8 heteroatoms. The van der Waals surface area contributed by atoms with Crippen molar-refractivity contribution >= 4 is 29.6 Å². The molecule has 0 atom stereocenters. The molecule has 0 saturated carbocycles. The van der Waals surface area contributed by atoms with Gasteiger partial charge in [0, 0.05) is 25.4 Å². The van der Waals surface area contributed by atoms with Crippen LogP contribution in [-0.4, -0.2) is 54.1 Å². The molecule has 0 fully saturated rings. The van der Waals surface area contributed by atoms with Gasteiger partial charge in [0.15, 0.2) is 0 Å². The van der Waals surface area contributed by atoms with Gasteiger partial charge >= 0.3 is 0 Å². The Balaban J connectivity index is 2.51. The number of hydrogen-bond donors (Lipinski definition) is 3. The van der Waals surface area contributed by atoms with E-state index in [0.29, 0.717) is 17.8 Å². The molecule has 1 heterocycles. The Hall–Kier alpha value is -1.34. The summed E-state index contributed by atoms with van der Waals surface area (Å²) in [5, 5.41) is 5.96. The molecule has 1 aromatic rings. The van der Waals surface area contributed by atoms with Crippen LogP contribution in [0, 0.1) is 0 Å². The van der Waals surface area contributed by atoms with Gasteiger partial charge in [0.1, 0.15) is 0 Å². The van der Waals surface area contributed by atoms with Gasteiger partial charge in [-0.2, -0.15) is 15.0 Å². The second kappa shape index (κ2) is 7.08. The number of nitrogens with one attached hydrogen (secondary N) is 3. The summed E-state index contributed by atoms with van der Waals surface area (Å²) < 4.78 is 0. The normalized spacial score (nSPS) is 10.4. The van der Waals surface area contributed by atoms with Crippen LogP contribution in [0.2, 0.25) is 0 Å².